The van der Waals surface area contributed by atoms with Crippen LogP contribution in [0.1, 0.15) is 33.1 Å². The summed E-state index contributed by atoms with van der Waals surface area (Å²) in [6, 6.07) is 5.96. The number of rotatable bonds is 3. The predicted octanol–water partition coefficient (Wildman–Crippen LogP) is 1.36. The number of aryl methyl sites for hydroxylation is 1. The van der Waals surface area contributed by atoms with Crippen molar-refractivity contribution in [2.24, 2.45) is 0 Å². The second-order valence-electron chi connectivity index (χ2n) is 5.77. The number of fused-ring (bicyclic) bond motifs is 2. The number of halogens is 1. The van der Waals surface area contributed by atoms with Gasteiger partial charge in [-0.1, -0.05) is 6.07 Å². The lowest BCUT2D eigenvalue weighted by Gasteiger charge is -2.12. The molecule has 0 unspecified atom stereocenters. The molecule has 0 aromatic carbocycles. The Morgan fingerprint density at radius 2 is 2.29 bits per heavy atom. The van der Waals surface area contributed by atoms with Gasteiger partial charge in [-0.15, -0.1) is 12.4 Å². The van der Waals surface area contributed by atoms with E-state index in [0.29, 0.717) is 18.8 Å². The molecule has 1 aliphatic rings. The summed E-state index contributed by atoms with van der Waals surface area (Å²) in [6.45, 7) is 4.01. The number of aromatic nitrogens is 4. The van der Waals surface area contributed by atoms with Crippen LogP contribution in [0.2, 0.25) is 0 Å². The van der Waals surface area contributed by atoms with Crippen LogP contribution in [0.4, 0.5) is 0 Å². The Morgan fingerprint density at radius 1 is 1.42 bits per heavy atom. The molecule has 7 nitrogen and oxygen atoms in total. The number of H-pyrrole nitrogens is 1. The minimum Gasteiger partial charge on any atom is -0.345 e. The van der Waals surface area contributed by atoms with E-state index in [1.165, 1.54) is 0 Å². The molecule has 0 fully saturated rings. The minimum atomic E-state index is -0.167. The zero-order valence-corrected chi connectivity index (χ0v) is 14.1. The maximum Gasteiger partial charge on any atom is 0.272 e. The highest BCUT2D eigenvalue weighted by molar-refractivity contribution is 5.94. The van der Waals surface area contributed by atoms with Gasteiger partial charge in [0, 0.05) is 42.7 Å². The van der Waals surface area contributed by atoms with E-state index < -0.39 is 0 Å². The number of nitrogens with one attached hydrogen (secondary N) is 3. The third-order valence-electron chi connectivity index (χ3n) is 4.20. The monoisotopic (exact) mass is 346 g/mol. The van der Waals surface area contributed by atoms with Gasteiger partial charge in [-0.25, -0.2) is 4.98 Å². The van der Waals surface area contributed by atoms with Gasteiger partial charge in [0.25, 0.3) is 5.91 Å². The van der Waals surface area contributed by atoms with E-state index in [9.17, 15) is 4.79 Å². The Balaban J connectivity index is 0.00000169. The van der Waals surface area contributed by atoms with Crippen molar-refractivity contribution in [1.82, 2.24) is 30.2 Å². The average Bonchev–Trinajstić information content (AvgIpc) is 3.17. The fourth-order valence-corrected chi connectivity index (χ4v) is 2.95. The summed E-state index contributed by atoms with van der Waals surface area (Å²) in [6.07, 6.45) is 2.83. The molecule has 3 aromatic rings. The lowest BCUT2D eigenvalue weighted by atomic mass is 10.1. The second-order valence-corrected chi connectivity index (χ2v) is 5.77. The van der Waals surface area contributed by atoms with Gasteiger partial charge in [-0.05, 0) is 19.1 Å². The summed E-state index contributed by atoms with van der Waals surface area (Å²) < 4.78 is 2.02. The highest BCUT2D eigenvalue weighted by Gasteiger charge is 2.21. The molecule has 8 heteroatoms. The van der Waals surface area contributed by atoms with E-state index in [2.05, 4.69) is 25.8 Å². The molecule has 1 amide bonds. The molecule has 0 atom stereocenters. The number of aromatic amines is 1. The summed E-state index contributed by atoms with van der Waals surface area (Å²) in [4.78, 5) is 16.9. The Bertz CT molecular complexity index is 884. The topological polar surface area (TPSA) is 87.1 Å². The van der Waals surface area contributed by atoms with Gasteiger partial charge in [0.05, 0.1) is 12.2 Å². The molecular weight excluding hydrogens is 328 g/mol. The first-order valence-corrected chi connectivity index (χ1v) is 7.71. The summed E-state index contributed by atoms with van der Waals surface area (Å²) in [7, 11) is 0. The molecule has 1 aliphatic heterocycles. The van der Waals surface area contributed by atoms with Crippen LogP contribution in [0.15, 0.2) is 24.4 Å². The molecule has 0 saturated heterocycles. The first-order chi connectivity index (χ1) is 11.2. The second kappa shape index (κ2) is 6.62. The van der Waals surface area contributed by atoms with Gasteiger partial charge in [0.1, 0.15) is 5.65 Å². The maximum atomic E-state index is 12.4. The number of hydrogen-bond donors (Lipinski definition) is 3. The molecule has 0 saturated carbocycles. The number of pyridine rings is 1. The molecule has 24 heavy (non-hydrogen) atoms. The zero-order chi connectivity index (χ0) is 15.8. The molecule has 3 N–H and O–H groups in total. The van der Waals surface area contributed by atoms with E-state index in [-0.39, 0.29) is 18.3 Å². The van der Waals surface area contributed by atoms with Crippen LogP contribution < -0.4 is 10.6 Å². The molecule has 126 valence electrons. The number of carbonyl (C=O) groups is 1. The first kappa shape index (κ1) is 16.5. The number of carbonyl (C=O) groups excluding carboxylic acids is 1. The largest absolute Gasteiger partial charge is 0.345 e. The van der Waals surface area contributed by atoms with Gasteiger partial charge in [0.2, 0.25) is 0 Å². The van der Waals surface area contributed by atoms with Crippen LogP contribution in [-0.2, 0) is 19.5 Å². The molecular formula is C16H19ClN6O. The number of imidazole rings is 1. The molecule has 0 radical (unpaired) electrons. The van der Waals surface area contributed by atoms with Crippen LogP contribution in [-0.4, -0.2) is 32.0 Å². The van der Waals surface area contributed by atoms with Gasteiger partial charge in [-0.3, -0.25) is 9.89 Å². The van der Waals surface area contributed by atoms with Crippen LogP contribution in [0, 0.1) is 6.92 Å². The lowest BCUT2D eigenvalue weighted by Crippen LogP contribution is -2.28. The van der Waals surface area contributed by atoms with E-state index in [4.69, 9.17) is 0 Å². The third-order valence-corrected chi connectivity index (χ3v) is 4.20. The Morgan fingerprint density at radius 3 is 3.12 bits per heavy atom. The molecule has 0 bridgehead atoms. The van der Waals surface area contributed by atoms with Crippen LogP contribution in [0.25, 0.3) is 5.65 Å². The van der Waals surface area contributed by atoms with Crippen LogP contribution >= 0.6 is 12.4 Å². The van der Waals surface area contributed by atoms with Gasteiger partial charge >= 0.3 is 0 Å². The smallest absolute Gasteiger partial charge is 0.272 e. The van der Waals surface area contributed by atoms with E-state index >= 15 is 0 Å². The predicted molar refractivity (Wildman–Crippen MR) is 92.3 cm³/mol. The Hall–Kier alpha value is -2.38. The number of nitrogens with zero attached hydrogens (tertiary/aromatic N) is 3. The zero-order valence-electron chi connectivity index (χ0n) is 13.3. The van der Waals surface area contributed by atoms with Crippen molar-refractivity contribution < 1.29 is 4.79 Å². The minimum absolute atomic E-state index is 0. The fourth-order valence-electron chi connectivity index (χ4n) is 2.95. The maximum absolute atomic E-state index is 12.4. The van der Waals surface area contributed by atoms with E-state index in [1.54, 1.807) is 0 Å². The van der Waals surface area contributed by atoms with E-state index in [1.807, 2.05) is 35.7 Å². The van der Waals surface area contributed by atoms with Crippen LogP contribution in [0.5, 0.6) is 0 Å². The summed E-state index contributed by atoms with van der Waals surface area (Å²) in [5.41, 5.74) is 5.33. The van der Waals surface area contributed by atoms with Crippen molar-refractivity contribution in [2.45, 2.75) is 26.4 Å². The number of amides is 1. The molecule has 4 heterocycles. The standard InChI is InChI=1S/C16H18N6O.ClH/c1-10-3-2-4-14-19-11(9-22(10)14)7-18-16(23)15-12-8-17-6-5-13(12)20-21-15;/h2-4,9,17H,5-8H2,1H3,(H,18,23)(H,20,21);1H. The highest BCUT2D eigenvalue weighted by atomic mass is 35.5. The molecule has 3 aromatic heterocycles. The van der Waals surface area contributed by atoms with Gasteiger partial charge in [0.15, 0.2) is 5.69 Å². The average molecular weight is 347 g/mol. The van der Waals surface area contributed by atoms with Crippen LogP contribution in [0.3, 0.4) is 0 Å². The fraction of sp³-hybridized carbons (Fsp3) is 0.312. The Kier molecular flexibility index (Phi) is 4.55. The van der Waals surface area contributed by atoms with Crippen molar-refractivity contribution in [1.29, 1.82) is 0 Å². The lowest BCUT2D eigenvalue weighted by molar-refractivity contribution is 0.0944. The first-order valence-electron chi connectivity index (χ1n) is 7.71. The summed E-state index contributed by atoms with van der Waals surface area (Å²) in [5, 5.41) is 13.3. The third kappa shape index (κ3) is 2.88. The van der Waals surface area contributed by atoms with Gasteiger partial charge in [-0.2, -0.15) is 5.10 Å². The Labute approximate surface area is 145 Å². The SMILES string of the molecule is Cc1cccc2nc(CNC(=O)c3n[nH]c4c3CNCC4)cn12.Cl. The van der Waals surface area contributed by atoms with Gasteiger partial charge < -0.3 is 15.0 Å². The van der Waals surface area contributed by atoms with Crippen molar-refractivity contribution in [3.05, 3.63) is 52.7 Å². The van der Waals surface area contributed by atoms with Crippen molar-refractivity contribution in [3.8, 4) is 0 Å². The molecule has 0 aliphatic carbocycles. The normalized spacial score (nSPS) is 13.4. The van der Waals surface area contributed by atoms with Crippen molar-refractivity contribution >= 4 is 24.0 Å². The van der Waals surface area contributed by atoms with E-state index in [0.717, 1.165) is 41.3 Å². The molecule has 0 spiro atoms. The quantitative estimate of drug-likeness (QED) is 0.668. The highest BCUT2D eigenvalue weighted by Crippen LogP contribution is 2.15. The number of hydrogen-bond acceptors (Lipinski definition) is 4. The van der Waals surface area contributed by atoms with Crippen molar-refractivity contribution in [3.63, 3.8) is 0 Å². The molecule has 4 rings (SSSR count). The van der Waals surface area contributed by atoms with Crippen molar-refractivity contribution in [2.75, 3.05) is 6.54 Å². The summed E-state index contributed by atoms with van der Waals surface area (Å²) >= 11 is 0. The summed E-state index contributed by atoms with van der Waals surface area (Å²) in [5.74, 6) is -0.167.